The van der Waals surface area contributed by atoms with Crippen LogP contribution in [0.2, 0.25) is 0 Å². The van der Waals surface area contributed by atoms with Crippen LogP contribution in [0.15, 0.2) is 53.4 Å². The molecule has 0 aromatic heterocycles. The number of carbonyl (C=O) groups is 1. The zero-order valence-electron chi connectivity index (χ0n) is 13.3. The zero-order valence-corrected chi connectivity index (χ0v) is 16.5. The lowest BCUT2D eigenvalue weighted by atomic mass is 10.1. The normalized spacial score (nSPS) is 16.1. The molecule has 126 valence electrons. The maximum absolute atomic E-state index is 12.0. The summed E-state index contributed by atoms with van der Waals surface area (Å²) in [7, 11) is 2.00. The van der Waals surface area contributed by atoms with Gasteiger partial charge >= 0.3 is 0 Å². The van der Waals surface area contributed by atoms with Crippen molar-refractivity contribution in [2.75, 3.05) is 24.2 Å². The SMILES string of the molecule is CN1c2c(cccc2C(=O)CN)SC1C=Cc1ccc(N)cc1.I. The molecule has 3 rings (SSSR count). The molecule has 2 aromatic carbocycles. The summed E-state index contributed by atoms with van der Waals surface area (Å²) in [5.41, 5.74) is 14.8. The summed E-state index contributed by atoms with van der Waals surface area (Å²) in [6.45, 7) is 0.0287. The third-order valence-corrected chi connectivity index (χ3v) is 5.15. The molecule has 4 nitrogen and oxygen atoms in total. The van der Waals surface area contributed by atoms with Gasteiger partial charge in [0.2, 0.25) is 0 Å². The van der Waals surface area contributed by atoms with Crippen LogP contribution in [0.4, 0.5) is 11.4 Å². The zero-order chi connectivity index (χ0) is 16.4. The fourth-order valence-corrected chi connectivity index (χ4v) is 3.83. The van der Waals surface area contributed by atoms with Gasteiger partial charge in [-0.15, -0.1) is 24.0 Å². The predicted molar refractivity (Wildman–Crippen MR) is 113 cm³/mol. The van der Waals surface area contributed by atoms with Crippen molar-refractivity contribution >= 4 is 59.0 Å². The van der Waals surface area contributed by atoms with E-state index >= 15 is 0 Å². The predicted octanol–water partition coefficient (Wildman–Crippen LogP) is 3.61. The summed E-state index contributed by atoms with van der Waals surface area (Å²) < 4.78 is 0. The maximum atomic E-state index is 12.0. The summed E-state index contributed by atoms with van der Waals surface area (Å²) in [6.07, 6.45) is 4.21. The molecule has 0 aliphatic carbocycles. The minimum Gasteiger partial charge on any atom is -0.399 e. The van der Waals surface area contributed by atoms with Gasteiger partial charge < -0.3 is 16.4 Å². The van der Waals surface area contributed by atoms with Crippen LogP contribution in [0.1, 0.15) is 15.9 Å². The topological polar surface area (TPSA) is 72.3 Å². The van der Waals surface area contributed by atoms with Gasteiger partial charge in [0.25, 0.3) is 0 Å². The lowest BCUT2D eigenvalue weighted by Gasteiger charge is -2.20. The van der Waals surface area contributed by atoms with Crippen LogP contribution in [-0.4, -0.2) is 24.7 Å². The summed E-state index contributed by atoms with van der Waals surface area (Å²) in [6, 6.07) is 13.5. The first kappa shape index (κ1) is 18.8. The van der Waals surface area contributed by atoms with Crippen LogP contribution in [0.25, 0.3) is 6.08 Å². The molecule has 4 N–H and O–H groups in total. The van der Waals surface area contributed by atoms with E-state index in [1.807, 2.05) is 49.5 Å². The Hall–Kier alpha value is -1.51. The number of para-hydroxylation sites is 1. The second kappa shape index (κ2) is 8.04. The highest BCUT2D eigenvalue weighted by molar-refractivity contribution is 14.0. The molecule has 1 heterocycles. The van der Waals surface area contributed by atoms with Crippen molar-refractivity contribution in [3.8, 4) is 0 Å². The van der Waals surface area contributed by atoms with Gasteiger partial charge in [-0.2, -0.15) is 0 Å². The molecule has 0 saturated carbocycles. The van der Waals surface area contributed by atoms with Crippen LogP contribution in [0, 0.1) is 0 Å². The Balaban J connectivity index is 0.00000208. The largest absolute Gasteiger partial charge is 0.399 e. The van der Waals surface area contributed by atoms with E-state index in [1.165, 1.54) is 0 Å². The van der Waals surface area contributed by atoms with E-state index in [4.69, 9.17) is 11.5 Å². The number of thioether (sulfide) groups is 1. The van der Waals surface area contributed by atoms with Crippen LogP contribution in [0.3, 0.4) is 0 Å². The number of nitrogens with two attached hydrogens (primary N) is 2. The third-order valence-electron chi connectivity index (χ3n) is 3.86. The highest BCUT2D eigenvalue weighted by Crippen LogP contribution is 2.45. The van der Waals surface area contributed by atoms with E-state index in [2.05, 4.69) is 17.1 Å². The Morgan fingerprint density at radius 3 is 2.62 bits per heavy atom. The van der Waals surface area contributed by atoms with Gasteiger partial charge in [0.05, 0.1) is 17.6 Å². The lowest BCUT2D eigenvalue weighted by molar-refractivity contribution is 0.100. The van der Waals surface area contributed by atoms with Crippen molar-refractivity contribution in [3.05, 3.63) is 59.7 Å². The highest BCUT2D eigenvalue weighted by Gasteiger charge is 2.29. The molecule has 0 spiro atoms. The second-order valence-corrected chi connectivity index (χ2v) is 6.58. The number of anilines is 2. The number of ketones is 1. The first-order valence-electron chi connectivity index (χ1n) is 7.39. The number of carbonyl (C=O) groups excluding carboxylic acids is 1. The number of nitrogens with zero attached hydrogens (tertiary/aromatic N) is 1. The van der Waals surface area contributed by atoms with Crippen molar-refractivity contribution in [2.45, 2.75) is 10.3 Å². The van der Waals surface area contributed by atoms with Gasteiger partial charge in [0.1, 0.15) is 0 Å². The monoisotopic (exact) mass is 453 g/mol. The average molecular weight is 453 g/mol. The molecule has 1 aliphatic rings. The minimum atomic E-state index is -0.0301. The minimum absolute atomic E-state index is 0. The maximum Gasteiger partial charge on any atom is 0.178 e. The number of halogens is 1. The highest BCUT2D eigenvalue weighted by atomic mass is 127. The summed E-state index contributed by atoms with van der Waals surface area (Å²) in [4.78, 5) is 15.3. The van der Waals surface area contributed by atoms with E-state index in [0.717, 1.165) is 21.8 Å². The van der Waals surface area contributed by atoms with Gasteiger partial charge in [-0.1, -0.05) is 42.1 Å². The Kier molecular flexibility index (Phi) is 6.31. The third kappa shape index (κ3) is 3.76. The number of benzene rings is 2. The smallest absolute Gasteiger partial charge is 0.178 e. The van der Waals surface area contributed by atoms with Gasteiger partial charge in [0, 0.05) is 23.2 Å². The molecule has 1 atom stereocenters. The van der Waals surface area contributed by atoms with Crippen molar-refractivity contribution in [1.29, 1.82) is 0 Å². The number of hydrogen-bond acceptors (Lipinski definition) is 5. The summed E-state index contributed by atoms with van der Waals surface area (Å²) >= 11 is 1.73. The Morgan fingerprint density at radius 1 is 1.25 bits per heavy atom. The van der Waals surface area contributed by atoms with E-state index in [1.54, 1.807) is 11.8 Å². The Bertz CT molecular complexity index is 761. The molecule has 1 aliphatic heterocycles. The fraction of sp³-hybridized carbons (Fsp3) is 0.167. The van der Waals surface area contributed by atoms with Crippen LogP contribution in [-0.2, 0) is 0 Å². The molecule has 0 bridgehead atoms. The van der Waals surface area contributed by atoms with Gasteiger partial charge in [0.15, 0.2) is 5.78 Å². The van der Waals surface area contributed by atoms with E-state index in [-0.39, 0.29) is 41.7 Å². The molecule has 0 radical (unpaired) electrons. The van der Waals surface area contributed by atoms with Crippen LogP contribution in [0.5, 0.6) is 0 Å². The molecular formula is C18H20IN3OS. The molecule has 24 heavy (non-hydrogen) atoms. The Morgan fingerprint density at radius 2 is 1.96 bits per heavy atom. The van der Waals surface area contributed by atoms with Gasteiger partial charge in [-0.3, -0.25) is 4.79 Å². The first-order valence-corrected chi connectivity index (χ1v) is 8.27. The van der Waals surface area contributed by atoms with Crippen molar-refractivity contribution in [3.63, 3.8) is 0 Å². The number of hydrogen-bond donors (Lipinski definition) is 2. The molecule has 0 saturated heterocycles. The molecule has 6 heteroatoms. The van der Waals surface area contributed by atoms with E-state index in [9.17, 15) is 4.79 Å². The Labute approximate surface area is 163 Å². The fourth-order valence-electron chi connectivity index (χ4n) is 2.62. The number of likely N-dealkylation sites (N-methyl/N-ethyl adjacent to an activating group) is 1. The second-order valence-electron chi connectivity index (χ2n) is 5.42. The van der Waals surface area contributed by atoms with E-state index < -0.39 is 0 Å². The standard InChI is InChI=1S/C18H19N3OS.HI/c1-21-17(10-7-12-5-8-13(20)9-6-12)23-16-4-2-3-14(18(16)21)15(22)11-19;/h2-10,17H,11,19-20H2,1H3;1H. The quantitative estimate of drug-likeness (QED) is 0.421. The molecule has 0 fully saturated rings. The van der Waals surface area contributed by atoms with Crippen LogP contribution >= 0.6 is 35.7 Å². The van der Waals surface area contributed by atoms with Crippen LogP contribution < -0.4 is 16.4 Å². The summed E-state index contributed by atoms with van der Waals surface area (Å²) in [5.74, 6) is -0.0301. The molecule has 2 aromatic rings. The number of nitrogen functional groups attached to an aromatic ring is 1. The van der Waals surface area contributed by atoms with E-state index in [0.29, 0.717) is 5.56 Å². The molecule has 0 amide bonds. The number of fused-ring (bicyclic) bond motifs is 1. The number of rotatable bonds is 4. The first-order chi connectivity index (χ1) is 11.1. The summed E-state index contributed by atoms with van der Waals surface area (Å²) in [5, 5.41) is 0.147. The lowest BCUT2D eigenvalue weighted by Crippen LogP contribution is -2.25. The van der Waals surface area contributed by atoms with Gasteiger partial charge in [-0.05, 0) is 29.8 Å². The van der Waals surface area contributed by atoms with Gasteiger partial charge in [-0.25, -0.2) is 0 Å². The van der Waals surface area contributed by atoms with Crippen molar-refractivity contribution in [2.24, 2.45) is 5.73 Å². The molecule has 1 unspecified atom stereocenters. The average Bonchev–Trinajstić information content (AvgIpc) is 2.90. The number of Topliss-reactive ketones (excluding diaryl/α,β-unsaturated/α-hetero) is 1. The molecular weight excluding hydrogens is 433 g/mol. The van der Waals surface area contributed by atoms with Crippen molar-refractivity contribution < 1.29 is 4.79 Å². The van der Waals surface area contributed by atoms with Crippen molar-refractivity contribution in [1.82, 2.24) is 0 Å².